The SMILES string of the molecule is Cc1cc(Oc2ccncc2)c(C)cc1N. The van der Waals surface area contributed by atoms with Crippen molar-refractivity contribution in [3.05, 3.63) is 47.8 Å². The van der Waals surface area contributed by atoms with Crippen LogP contribution in [-0.4, -0.2) is 4.98 Å². The number of benzene rings is 1. The first-order chi connectivity index (χ1) is 7.66. The van der Waals surface area contributed by atoms with Crippen LogP contribution in [0, 0.1) is 13.8 Å². The molecule has 3 heteroatoms. The van der Waals surface area contributed by atoms with E-state index in [0.717, 1.165) is 28.3 Å². The van der Waals surface area contributed by atoms with Crippen LogP contribution in [0.5, 0.6) is 11.5 Å². The molecule has 0 unspecified atom stereocenters. The molecule has 0 amide bonds. The molecule has 2 aromatic rings. The molecule has 1 aromatic carbocycles. The van der Waals surface area contributed by atoms with Crippen molar-refractivity contribution in [1.29, 1.82) is 0 Å². The number of aromatic nitrogens is 1. The molecule has 0 saturated carbocycles. The van der Waals surface area contributed by atoms with Gasteiger partial charge in [-0.3, -0.25) is 4.98 Å². The summed E-state index contributed by atoms with van der Waals surface area (Å²) in [4.78, 5) is 3.94. The lowest BCUT2D eigenvalue weighted by molar-refractivity contribution is 0.478. The molecule has 0 saturated heterocycles. The average Bonchev–Trinajstić information content (AvgIpc) is 2.27. The highest BCUT2D eigenvalue weighted by atomic mass is 16.5. The highest BCUT2D eigenvalue weighted by Gasteiger charge is 2.04. The van der Waals surface area contributed by atoms with E-state index in [-0.39, 0.29) is 0 Å². The molecule has 1 heterocycles. The molecule has 1 aromatic heterocycles. The summed E-state index contributed by atoms with van der Waals surface area (Å²) in [5.41, 5.74) is 8.66. The average molecular weight is 214 g/mol. The van der Waals surface area contributed by atoms with Crippen LogP contribution in [0.25, 0.3) is 0 Å². The van der Waals surface area contributed by atoms with Crippen molar-refractivity contribution >= 4 is 5.69 Å². The van der Waals surface area contributed by atoms with E-state index in [0.29, 0.717) is 0 Å². The first-order valence-corrected chi connectivity index (χ1v) is 5.11. The van der Waals surface area contributed by atoms with Gasteiger partial charge in [-0.05, 0) is 49.2 Å². The summed E-state index contributed by atoms with van der Waals surface area (Å²) in [6.45, 7) is 3.94. The van der Waals surface area contributed by atoms with Gasteiger partial charge >= 0.3 is 0 Å². The molecule has 0 spiro atoms. The number of nitrogens with two attached hydrogens (primary N) is 1. The molecule has 3 nitrogen and oxygen atoms in total. The predicted molar refractivity (Wildman–Crippen MR) is 64.6 cm³/mol. The molecule has 82 valence electrons. The van der Waals surface area contributed by atoms with Crippen LogP contribution < -0.4 is 10.5 Å². The Morgan fingerprint density at radius 3 is 2.44 bits per heavy atom. The molecule has 2 N–H and O–H groups in total. The van der Waals surface area contributed by atoms with Crippen LogP contribution in [0.3, 0.4) is 0 Å². The lowest BCUT2D eigenvalue weighted by Gasteiger charge is -2.10. The summed E-state index contributed by atoms with van der Waals surface area (Å²) in [5.74, 6) is 1.61. The maximum Gasteiger partial charge on any atom is 0.130 e. The minimum absolute atomic E-state index is 0.780. The monoisotopic (exact) mass is 214 g/mol. The summed E-state index contributed by atoms with van der Waals surface area (Å²) in [5, 5.41) is 0. The summed E-state index contributed by atoms with van der Waals surface area (Å²) >= 11 is 0. The predicted octanol–water partition coefficient (Wildman–Crippen LogP) is 3.07. The Kier molecular flexibility index (Phi) is 2.77. The zero-order valence-electron chi connectivity index (χ0n) is 9.40. The molecule has 0 radical (unpaired) electrons. The Morgan fingerprint density at radius 1 is 1.06 bits per heavy atom. The van der Waals surface area contributed by atoms with E-state index in [2.05, 4.69) is 4.98 Å². The number of ether oxygens (including phenoxy) is 1. The standard InChI is InChI=1S/C13H14N2O/c1-9-8-13(10(2)7-12(9)14)16-11-3-5-15-6-4-11/h3-8H,14H2,1-2H3. The Morgan fingerprint density at radius 2 is 1.75 bits per heavy atom. The third-order valence-electron chi connectivity index (χ3n) is 2.44. The number of hydrogen-bond donors (Lipinski definition) is 1. The second-order valence-electron chi connectivity index (χ2n) is 3.76. The van der Waals surface area contributed by atoms with Crippen LogP contribution in [0.2, 0.25) is 0 Å². The van der Waals surface area contributed by atoms with E-state index in [9.17, 15) is 0 Å². The van der Waals surface area contributed by atoms with E-state index < -0.39 is 0 Å². The number of aryl methyl sites for hydroxylation is 2. The fraction of sp³-hybridized carbons (Fsp3) is 0.154. The third-order valence-corrected chi connectivity index (χ3v) is 2.44. The molecule has 0 aliphatic rings. The molecule has 0 bridgehead atoms. The van der Waals surface area contributed by atoms with Crippen LogP contribution in [0.1, 0.15) is 11.1 Å². The summed E-state index contributed by atoms with van der Waals surface area (Å²) in [6.07, 6.45) is 3.41. The summed E-state index contributed by atoms with van der Waals surface area (Å²) in [6, 6.07) is 7.52. The minimum Gasteiger partial charge on any atom is -0.457 e. The maximum absolute atomic E-state index is 5.82. The first kappa shape index (κ1) is 10.5. The number of hydrogen-bond acceptors (Lipinski definition) is 3. The van der Waals surface area contributed by atoms with Crippen LogP contribution in [0.15, 0.2) is 36.7 Å². The number of anilines is 1. The smallest absolute Gasteiger partial charge is 0.130 e. The molecule has 0 aliphatic carbocycles. The van der Waals surface area contributed by atoms with Gasteiger partial charge in [0.15, 0.2) is 0 Å². The summed E-state index contributed by atoms with van der Waals surface area (Å²) < 4.78 is 5.75. The van der Waals surface area contributed by atoms with Gasteiger partial charge in [0.2, 0.25) is 0 Å². The van der Waals surface area contributed by atoms with E-state index in [1.54, 1.807) is 12.4 Å². The van der Waals surface area contributed by atoms with Crippen molar-refractivity contribution < 1.29 is 4.74 Å². The molecule has 0 fully saturated rings. The number of pyridine rings is 1. The van der Waals surface area contributed by atoms with Crippen LogP contribution in [-0.2, 0) is 0 Å². The molecular weight excluding hydrogens is 200 g/mol. The van der Waals surface area contributed by atoms with Crippen molar-refractivity contribution in [2.45, 2.75) is 13.8 Å². The van der Waals surface area contributed by atoms with Crippen molar-refractivity contribution in [1.82, 2.24) is 4.98 Å². The molecule has 16 heavy (non-hydrogen) atoms. The fourth-order valence-corrected chi connectivity index (χ4v) is 1.46. The van der Waals surface area contributed by atoms with E-state index in [1.807, 2.05) is 38.1 Å². The summed E-state index contributed by atoms with van der Waals surface area (Å²) in [7, 11) is 0. The zero-order valence-corrected chi connectivity index (χ0v) is 9.40. The van der Waals surface area contributed by atoms with Gasteiger partial charge < -0.3 is 10.5 Å². The molecule has 0 aliphatic heterocycles. The highest BCUT2D eigenvalue weighted by molar-refractivity contribution is 5.54. The van der Waals surface area contributed by atoms with Crippen LogP contribution in [0.4, 0.5) is 5.69 Å². The minimum atomic E-state index is 0.780. The van der Waals surface area contributed by atoms with Crippen molar-refractivity contribution in [3.8, 4) is 11.5 Å². The van der Waals surface area contributed by atoms with Gasteiger partial charge in [0.1, 0.15) is 11.5 Å². The van der Waals surface area contributed by atoms with Gasteiger partial charge in [-0.25, -0.2) is 0 Å². The zero-order chi connectivity index (χ0) is 11.5. The quantitative estimate of drug-likeness (QED) is 0.781. The lowest BCUT2D eigenvalue weighted by Crippen LogP contribution is -1.94. The van der Waals surface area contributed by atoms with Crippen molar-refractivity contribution in [2.75, 3.05) is 5.73 Å². The Hall–Kier alpha value is -2.03. The van der Waals surface area contributed by atoms with Crippen LogP contribution >= 0.6 is 0 Å². The molecule has 2 rings (SSSR count). The van der Waals surface area contributed by atoms with E-state index >= 15 is 0 Å². The topological polar surface area (TPSA) is 48.1 Å². The van der Waals surface area contributed by atoms with Gasteiger partial charge in [-0.1, -0.05) is 0 Å². The van der Waals surface area contributed by atoms with Gasteiger partial charge in [0.05, 0.1) is 0 Å². The molecule has 0 atom stereocenters. The second-order valence-corrected chi connectivity index (χ2v) is 3.76. The largest absolute Gasteiger partial charge is 0.457 e. The first-order valence-electron chi connectivity index (χ1n) is 5.11. The third kappa shape index (κ3) is 2.14. The maximum atomic E-state index is 5.82. The van der Waals surface area contributed by atoms with Crippen molar-refractivity contribution in [3.63, 3.8) is 0 Å². The van der Waals surface area contributed by atoms with Crippen molar-refractivity contribution in [2.24, 2.45) is 0 Å². The van der Waals surface area contributed by atoms with Gasteiger partial charge in [0.25, 0.3) is 0 Å². The lowest BCUT2D eigenvalue weighted by atomic mass is 10.1. The number of nitrogen functional groups attached to an aromatic ring is 1. The highest BCUT2D eigenvalue weighted by Crippen LogP contribution is 2.28. The Bertz CT molecular complexity index is 495. The number of nitrogens with zero attached hydrogens (tertiary/aromatic N) is 1. The Labute approximate surface area is 94.9 Å². The Balaban J connectivity index is 2.32. The normalized spacial score (nSPS) is 10.1. The van der Waals surface area contributed by atoms with Gasteiger partial charge in [0, 0.05) is 18.1 Å². The second kappa shape index (κ2) is 4.23. The van der Waals surface area contributed by atoms with Gasteiger partial charge in [-0.2, -0.15) is 0 Å². The van der Waals surface area contributed by atoms with E-state index in [1.165, 1.54) is 0 Å². The molecular formula is C13H14N2O. The fourth-order valence-electron chi connectivity index (χ4n) is 1.46. The van der Waals surface area contributed by atoms with Gasteiger partial charge in [-0.15, -0.1) is 0 Å². The number of rotatable bonds is 2. The van der Waals surface area contributed by atoms with E-state index in [4.69, 9.17) is 10.5 Å².